The van der Waals surface area contributed by atoms with Crippen LogP contribution in [0.1, 0.15) is 8.35 Å². The molecule has 0 aliphatic heterocycles. The normalized spacial score (nSPS) is 15.6. The van der Waals surface area contributed by atoms with Crippen molar-refractivity contribution in [3.05, 3.63) is 12.7 Å². The number of rotatable bonds is 5. The minimum absolute atomic E-state index is 0. The van der Waals surface area contributed by atoms with E-state index in [0.29, 0.717) is 0 Å². The van der Waals surface area contributed by atoms with Crippen molar-refractivity contribution in [2.75, 3.05) is 6.61 Å². The predicted octanol–water partition coefficient (Wildman–Crippen LogP) is -3.10. The molecule has 74 valence electrons. The van der Waals surface area contributed by atoms with E-state index in [1.165, 1.54) is 13.0 Å². The molecule has 0 aromatic carbocycles. The van der Waals surface area contributed by atoms with Gasteiger partial charge in [-0.25, -0.2) is 0 Å². The van der Waals surface area contributed by atoms with E-state index >= 15 is 0 Å². The summed E-state index contributed by atoms with van der Waals surface area (Å²) in [5.74, 6) is 0. The summed E-state index contributed by atoms with van der Waals surface area (Å²) in [6, 6.07) is 0. The van der Waals surface area contributed by atoms with Crippen LogP contribution in [0.25, 0.3) is 0 Å². The fraction of sp³-hybridized carbons (Fsp3) is 0.667. The van der Waals surface area contributed by atoms with Crippen molar-refractivity contribution in [2.24, 2.45) is 0 Å². The third kappa shape index (κ3) is 7.17. The van der Waals surface area contributed by atoms with Crippen molar-refractivity contribution < 1.29 is 75.6 Å². The molecular formula is C6H13KO5S. The molecule has 0 spiro atoms. The van der Waals surface area contributed by atoms with Crippen LogP contribution in [0.5, 0.6) is 0 Å². The van der Waals surface area contributed by atoms with Gasteiger partial charge in [-0.3, -0.25) is 4.55 Å². The zero-order valence-corrected chi connectivity index (χ0v) is 11.6. The first-order chi connectivity index (χ1) is 5.39. The summed E-state index contributed by atoms with van der Waals surface area (Å²) in [6.45, 7) is 4.45. The van der Waals surface area contributed by atoms with Crippen LogP contribution in [-0.2, 0) is 14.9 Å². The molecule has 0 saturated carbocycles. The van der Waals surface area contributed by atoms with Gasteiger partial charge in [0.05, 0.1) is 12.7 Å². The van der Waals surface area contributed by atoms with E-state index in [-0.39, 0.29) is 59.4 Å². The van der Waals surface area contributed by atoms with Gasteiger partial charge >= 0.3 is 51.4 Å². The van der Waals surface area contributed by atoms with Crippen LogP contribution in [0.4, 0.5) is 0 Å². The molecule has 0 saturated heterocycles. The van der Waals surface area contributed by atoms with Crippen molar-refractivity contribution >= 4 is 10.1 Å². The zero-order valence-electron chi connectivity index (χ0n) is 8.67. The molecule has 0 heterocycles. The van der Waals surface area contributed by atoms with Crippen LogP contribution in [0.3, 0.4) is 0 Å². The largest absolute Gasteiger partial charge is 1.00 e. The van der Waals surface area contributed by atoms with Gasteiger partial charge in [0.2, 0.25) is 5.44 Å². The Balaban J connectivity index is -0.000000605. The van der Waals surface area contributed by atoms with Crippen LogP contribution < -0.4 is 51.4 Å². The maximum atomic E-state index is 10.5. The van der Waals surface area contributed by atoms with Crippen molar-refractivity contribution in [1.29, 1.82) is 0 Å². The summed E-state index contributed by atoms with van der Waals surface area (Å²) in [4.78, 5) is 0. The van der Waals surface area contributed by atoms with Crippen molar-refractivity contribution in [2.45, 2.75) is 18.5 Å². The average molecular weight is 236 g/mol. The van der Waals surface area contributed by atoms with Crippen LogP contribution in [0, 0.1) is 0 Å². The number of aliphatic hydroxyl groups is 1. The number of hydrogen-bond donors (Lipinski definition) is 2. The molecule has 5 nitrogen and oxygen atoms in total. The predicted molar refractivity (Wildman–Crippen MR) is 44.3 cm³/mol. The maximum absolute atomic E-state index is 10.5. The van der Waals surface area contributed by atoms with Crippen LogP contribution >= 0.6 is 0 Å². The molecule has 0 rings (SSSR count). The van der Waals surface area contributed by atoms with Gasteiger partial charge < -0.3 is 11.3 Å². The van der Waals surface area contributed by atoms with Crippen molar-refractivity contribution in [1.82, 2.24) is 0 Å². The van der Waals surface area contributed by atoms with Gasteiger partial charge in [-0.15, -0.1) is 6.58 Å². The minimum atomic E-state index is -4.36. The maximum Gasteiger partial charge on any atom is 1.00 e. The Hall–Kier alpha value is 1.21. The second kappa shape index (κ2) is 7.49. The Bertz CT molecular complexity index is 241. The first-order valence-corrected chi connectivity index (χ1v) is 4.76. The van der Waals surface area contributed by atoms with Crippen LogP contribution in [-0.4, -0.2) is 36.2 Å². The van der Waals surface area contributed by atoms with Crippen LogP contribution in [0.15, 0.2) is 12.7 Å². The van der Waals surface area contributed by atoms with Gasteiger partial charge in [-0.05, 0) is 6.92 Å². The zero-order chi connectivity index (χ0) is 9.78. The van der Waals surface area contributed by atoms with E-state index in [1.54, 1.807) is 0 Å². The monoisotopic (exact) mass is 236 g/mol. The SMILES string of the molecule is C=CCOC(C(C)O)S(=O)(=O)O.[H-].[K+]. The molecule has 7 heteroatoms. The third-order valence-electron chi connectivity index (χ3n) is 1.07. The fourth-order valence-corrected chi connectivity index (χ4v) is 1.39. The summed E-state index contributed by atoms with van der Waals surface area (Å²) in [6.07, 6.45) is 0.0422. The summed E-state index contributed by atoms with van der Waals surface area (Å²) in [5.41, 5.74) is -1.60. The van der Waals surface area contributed by atoms with E-state index in [0.717, 1.165) is 0 Å². The fourth-order valence-electron chi connectivity index (χ4n) is 0.637. The Morgan fingerprint density at radius 1 is 1.69 bits per heavy atom. The molecule has 0 aromatic heterocycles. The molecule has 0 amide bonds. The van der Waals surface area contributed by atoms with E-state index < -0.39 is 21.7 Å². The Kier molecular flexibility index (Phi) is 9.58. The molecule has 13 heavy (non-hydrogen) atoms. The number of hydrogen-bond acceptors (Lipinski definition) is 4. The quantitative estimate of drug-likeness (QED) is 0.300. The van der Waals surface area contributed by atoms with Gasteiger partial charge in [-0.2, -0.15) is 8.42 Å². The molecule has 2 N–H and O–H groups in total. The van der Waals surface area contributed by atoms with E-state index in [2.05, 4.69) is 11.3 Å². The third-order valence-corrected chi connectivity index (χ3v) is 2.18. The molecule has 0 aliphatic rings. The molecule has 0 radical (unpaired) electrons. The Morgan fingerprint density at radius 3 is 2.38 bits per heavy atom. The van der Waals surface area contributed by atoms with E-state index in [4.69, 9.17) is 9.66 Å². The molecule has 0 fully saturated rings. The summed E-state index contributed by atoms with van der Waals surface area (Å²) < 4.78 is 34.2. The second-order valence-electron chi connectivity index (χ2n) is 2.25. The molecule has 2 unspecified atom stereocenters. The van der Waals surface area contributed by atoms with Crippen molar-refractivity contribution in [3.8, 4) is 0 Å². The summed E-state index contributed by atoms with van der Waals surface area (Å²) >= 11 is 0. The number of ether oxygens (including phenoxy) is 1. The molecule has 0 bridgehead atoms. The molecule has 0 aliphatic carbocycles. The second-order valence-corrected chi connectivity index (χ2v) is 3.74. The van der Waals surface area contributed by atoms with Gasteiger partial charge in [0.15, 0.2) is 0 Å². The van der Waals surface area contributed by atoms with Crippen molar-refractivity contribution in [3.63, 3.8) is 0 Å². The standard InChI is InChI=1S/C6H12O5S.K.H/c1-3-4-11-6(5(2)7)12(8,9)10;;/h3,5-7H,1,4H2,2H3,(H,8,9,10);;/q;+1;-1. The van der Waals surface area contributed by atoms with E-state index in [9.17, 15) is 8.42 Å². The van der Waals surface area contributed by atoms with Gasteiger partial charge in [0, 0.05) is 0 Å². The average Bonchev–Trinajstić information content (AvgIpc) is 1.84. The molecular weight excluding hydrogens is 223 g/mol. The summed E-state index contributed by atoms with van der Waals surface area (Å²) in [5, 5.41) is 8.88. The Morgan fingerprint density at radius 2 is 2.15 bits per heavy atom. The number of aliphatic hydroxyl groups excluding tert-OH is 1. The first kappa shape index (κ1) is 16.6. The van der Waals surface area contributed by atoms with E-state index in [1.807, 2.05) is 0 Å². The van der Waals surface area contributed by atoms with Gasteiger partial charge in [0.25, 0.3) is 10.1 Å². The Labute approximate surface area is 122 Å². The minimum Gasteiger partial charge on any atom is -1.00 e. The van der Waals surface area contributed by atoms with Gasteiger partial charge in [0.1, 0.15) is 0 Å². The first-order valence-electron chi connectivity index (χ1n) is 3.26. The van der Waals surface area contributed by atoms with Gasteiger partial charge in [-0.1, -0.05) is 6.08 Å². The topological polar surface area (TPSA) is 83.8 Å². The summed E-state index contributed by atoms with van der Waals surface area (Å²) in [7, 11) is -4.36. The molecule has 2 atom stereocenters. The smallest absolute Gasteiger partial charge is 1.00 e. The molecule has 0 aromatic rings. The van der Waals surface area contributed by atoms with Crippen LogP contribution in [0.2, 0.25) is 0 Å².